The predicted molar refractivity (Wildman–Crippen MR) is 85.3 cm³/mol. The summed E-state index contributed by atoms with van der Waals surface area (Å²) in [5.41, 5.74) is 0.740. The zero-order valence-corrected chi connectivity index (χ0v) is 15.1. The van der Waals surface area contributed by atoms with E-state index in [0.29, 0.717) is 12.0 Å². The molecule has 0 amide bonds. The number of sulfone groups is 1. The minimum absolute atomic E-state index is 0.100. The second-order valence-electron chi connectivity index (χ2n) is 5.74. The van der Waals surface area contributed by atoms with Gasteiger partial charge in [-0.25, -0.2) is 8.42 Å². The van der Waals surface area contributed by atoms with Gasteiger partial charge in [0.2, 0.25) is 0 Å². The largest absolute Gasteiger partial charge is 0.276 e. The molecule has 0 saturated carbocycles. The Kier molecular flexibility index (Phi) is 5.40. The molecular weight excluding hydrogens is 332 g/mol. The third kappa shape index (κ3) is 4.14. The predicted octanol–water partition coefficient (Wildman–Crippen LogP) is 2.94. The Morgan fingerprint density at radius 1 is 1.29 bits per heavy atom. The summed E-state index contributed by atoms with van der Waals surface area (Å²) in [7, 11) is -5.15. The second-order valence-corrected chi connectivity index (χ2v) is 10.3. The summed E-state index contributed by atoms with van der Waals surface area (Å²) in [6, 6.07) is 2.76. The standard InChI is InChI=1S/C14H19ClO4S2/c1-6-9-7-11(20(17)14(2,3)4)12(21(5,18)19)8-10(9)13(15)16/h7-8H,6H2,1-5H3. The Morgan fingerprint density at radius 3 is 2.14 bits per heavy atom. The van der Waals surface area contributed by atoms with Gasteiger partial charge in [0, 0.05) is 16.6 Å². The lowest BCUT2D eigenvalue weighted by atomic mass is 10.1. The first kappa shape index (κ1) is 18.3. The topological polar surface area (TPSA) is 68.3 Å². The van der Waals surface area contributed by atoms with Crippen molar-refractivity contribution in [2.75, 3.05) is 6.26 Å². The van der Waals surface area contributed by atoms with Crippen LogP contribution in [0, 0.1) is 0 Å². The minimum Gasteiger partial charge on any atom is -0.276 e. The first-order valence-corrected chi connectivity index (χ1v) is 9.80. The number of aryl methyl sites for hydroxylation is 1. The molecule has 0 aliphatic heterocycles. The Morgan fingerprint density at radius 2 is 1.81 bits per heavy atom. The van der Waals surface area contributed by atoms with E-state index in [9.17, 15) is 17.4 Å². The lowest BCUT2D eigenvalue weighted by Crippen LogP contribution is -2.24. The molecule has 0 bridgehead atoms. The molecule has 0 aromatic heterocycles. The van der Waals surface area contributed by atoms with Gasteiger partial charge in [-0.3, -0.25) is 9.00 Å². The Labute approximate surface area is 133 Å². The van der Waals surface area contributed by atoms with Crippen LogP contribution in [-0.4, -0.2) is 28.9 Å². The summed E-state index contributed by atoms with van der Waals surface area (Å²) in [4.78, 5) is 11.6. The number of hydrogen-bond acceptors (Lipinski definition) is 4. The fourth-order valence-electron chi connectivity index (χ4n) is 1.84. The van der Waals surface area contributed by atoms with Crippen LogP contribution in [0.15, 0.2) is 21.9 Å². The summed E-state index contributed by atoms with van der Waals surface area (Å²) in [6.45, 7) is 7.12. The molecule has 0 spiro atoms. The number of benzene rings is 1. The maximum Gasteiger partial charge on any atom is 0.252 e. The molecule has 0 radical (unpaired) electrons. The van der Waals surface area contributed by atoms with E-state index < -0.39 is 30.6 Å². The zero-order chi connectivity index (χ0) is 16.6. The fraction of sp³-hybridized carbons (Fsp3) is 0.500. The second kappa shape index (κ2) is 6.18. The van der Waals surface area contributed by atoms with Gasteiger partial charge in [0.15, 0.2) is 9.84 Å². The molecule has 0 aliphatic carbocycles. The van der Waals surface area contributed by atoms with Crippen molar-refractivity contribution < 1.29 is 17.4 Å². The highest BCUT2D eigenvalue weighted by molar-refractivity contribution is 7.92. The molecule has 1 unspecified atom stereocenters. The van der Waals surface area contributed by atoms with Gasteiger partial charge in [0.05, 0.1) is 20.6 Å². The third-order valence-corrected chi connectivity index (χ3v) is 6.24. The first-order valence-electron chi connectivity index (χ1n) is 6.38. The van der Waals surface area contributed by atoms with Crippen molar-refractivity contribution in [2.24, 2.45) is 0 Å². The molecule has 1 atom stereocenters. The van der Waals surface area contributed by atoms with Gasteiger partial charge in [-0.15, -0.1) is 0 Å². The molecule has 7 heteroatoms. The van der Waals surface area contributed by atoms with E-state index in [0.717, 1.165) is 6.26 Å². The van der Waals surface area contributed by atoms with Crippen molar-refractivity contribution >= 4 is 37.5 Å². The number of carbonyl (C=O) groups is 1. The van der Waals surface area contributed by atoms with Gasteiger partial charge >= 0.3 is 0 Å². The summed E-state index contributed by atoms with van der Waals surface area (Å²) in [6.07, 6.45) is 1.52. The van der Waals surface area contributed by atoms with Crippen molar-refractivity contribution in [1.29, 1.82) is 0 Å². The van der Waals surface area contributed by atoms with Crippen molar-refractivity contribution in [3.63, 3.8) is 0 Å². The van der Waals surface area contributed by atoms with Gasteiger partial charge in [-0.05, 0) is 56.5 Å². The molecule has 118 valence electrons. The Balaban J connectivity index is 3.79. The summed E-state index contributed by atoms with van der Waals surface area (Å²) in [5.74, 6) is 0. The highest BCUT2D eigenvalue weighted by Crippen LogP contribution is 2.30. The van der Waals surface area contributed by atoms with Gasteiger partial charge in [-0.2, -0.15) is 0 Å². The first-order chi connectivity index (χ1) is 9.39. The van der Waals surface area contributed by atoms with Crippen LogP contribution in [-0.2, 0) is 27.1 Å². The van der Waals surface area contributed by atoms with E-state index in [-0.39, 0.29) is 15.4 Å². The van der Waals surface area contributed by atoms with E-state index in [1.54, 1.807) is 20.8 Å². The molecular formula is C14H19ClO4S2. The maximum absolute atomic E-state index is 12.6. The van der Waals surface area contributed by atoms with Crippen molar-refractivity contribution in [1.82, 2.24) is 0 Å². The van der Waals surface area contributed by atoms with Crippen LogP contribution in [0.2, 0.25) is 0 Å². The van der Waals surface area contributed by atoms with E-state index in [1.165, 1.54) is 12.1 Å². The molecule has 0 fully saturated rings. The number of halogens is 1. The van der Waals surface area contributed by atoms with Gasteiger partial charge in [-0.1, -0.05) is 6.92 Å². The van der Waals surface area contributed by atoms with Crippen LogP contribution in [0.25, 0.3) is 0 Å². The van der Waals surface area contributed by atoms with Crippen molar-refractivity contribution in [3.8, 4) is 0 Å². The van der Waals surface area contributed by atoms with Crippen molar-refractivity contribution in [3.05, 3.63) is 23.3 Å². The van der Waals surface area contributed by atoms with E-state index in [2.05, 4.69) is 0 Å². The smallest absolute Gasteiger partial charge is 0.252 e. The normalized spacial score (nSPS) is 14.0. The molecule has 4 nitrogen and oxygen atoms in total. The molecule has 1 rings (SSSR count). The van der Waals surface area contributed by atoms with Crippen LogP contribution >= 0.6 is 11.6 Å². The SMILES string of the molecule is CCc1cc(S(=O)C(C)(C)C)c(S(C)(=O)=O)cc1C(=O)Cl. The molecule has 1 aromatic carbocycles. The molecule has 21 heavy (non-hydrogen) atoms. The molecule has 0 saturated heterocycles. The molecule has 0 N–H and O–H groups in total. The summed E-state index contributed by atoms with van der Waals surface area (Å²) >= 11 is 5.52. The number of hydrogen-bond donors (Lipinski definition) is 0. The van der Waals surface area contributed by atoms with E-state index >= 15 is 0 Å². The lowest BCUT2D eigenvalue weighted by molar-refractivity contribution is 0.108. The van der Waals surface area contributed by atoms with Crippen molar-refractivity contribution in [2.45, 2.75) is 48.7 Å². The average Bonchev–Trinajstić information content (AvgIpc) is 2.33. The van der Waals surface area contributed by atoms with Gasteiger partial charge < -0.3 is 0 Å². The lowest BCUT2D eigenvalue weighted by Gasteiger charge is -2.21. The monoisotopic (exact) mass is 350 g/mol. The highest BCUT2D eigenvalue weighted by Gasteiger charge is 2.28. The quantitative estimate of drug-likeness (QED) is 0.783. The Hall–Kier alpha value is -0.720. The summed E-state index contributed by atoms with van der Waals surface area (Å²) < 4.78 is 35.9. The van der Waals surface area contributed by atoms with Gasteiger partial charge in [0.25, 0.3) is 5.24 Å². The van der Waals surface area contributed by atoms with E-state index in [4.69, 9.17) is 11.6 Å². The highest BCUT2D eigenvalue weighted by atomic mass is 35.5. The van der Waals surface area contributed by atoms with E-state index in [1.807, 2.05) is 6.92 Å². The van der Waals surface area contributed by atoms with Crippen LogP contribution in [0.5, 0.6) is 0 Å². The fourth-order valence-corrected chi connectivity index (χ4v) is 4.61. The molecule has 0 heterocycles. The Bertz CT molecular complexity index is 700. The molecule has 1 aromatic rings. The molecule has 0 aliphatic rings. The zero-order valence-electron chi connectivity index (χ0n) is 12.7. The van der Waals surface area contributed by atoms with Gasteiger partial charge in [0.1, 0.15) is 0 Å². The third-order valence-electron chi connectivity index (χ3n) is 2.92. The number of carbonyl (C=O) groups excluding carboxylic acids is 1. The van der Waals surface area contributed by atoms with Crippen LogP contribution < -0.4 is 0 Å². The minimum atomic E-state index is -3.62. The summed E-state index contributed by atoms with van der Waals surface area (Å²) in [5, 5.41) is -0.718. The number of rotatable bonds is 4. The van der Waals surface area contributed by atoms with Crippen LogP contribution in [0.3, 0.4) is 0 Å². The average molecular weight is 351 g/mol. The maximum atomic E-state index is 12.6. The van der Waals surface area contributed by atoms with Crippen LogP contribution in [0.4, 0.5) is 0 Å². The van der Waals surface area contributed by atoms with Crippen LogP contribution in [0.1, 0.15) is 43.6 Å².